The van der Waals surface area contributed by atoms with E-state index in [1.165, 1.54) is 0 Å². The van der Waals surface area contributed by atoms with E-state index in [9.17, 15) is 9.90 Å². The molecule has 1 heterocycles. The first kappa shape index (κ1) is 24.8. The number of aryl methyl sites for hydroxylation is 1. The van der Waals surface area contributed by atoms with E-state index in [2.05, 4.69) is 27.4 Å². The van der Waals surface area contributed by atoms with Gasteiger partial charge in [0.15, 0.2) is 5.16 Å². The smallest absolute Gasteiger partial charge is 0.321 e. The van der Waals surface area contributed by atoms with Crippen molar-refractivity contribution in [3.05, 3.63) is 113 Å². The molecule has 0 aliphatic heterocycles. The lowest BCUT2D eigenvalue weighted by atomic mass is 9.94. The molecule has 0 aliphatic carbocycles. The van der Waals surface area contributed by atoms with E-state index in [1.54, 1.807) is 6.07 Å². The van der Waals surface area contributed by atoms with Gasteiger partial charge in [-0.1, -0.05) is 102 Å². The highest BCUT2D eigenvalue weighted by molar-refractivity contribution is 8.00. The number of hydrogen-bond acceptors (Lipinski definition) is 5. The normalized spacial score (nSPS) is 11.9. The molecule has 0 bridgehead atoms. The first-order chi connectivity index (χ1) is 17.9. The standard InChI is InChI=1S/C30H24ClN3O2S/c1-18-9-8-14-25(19(18)2)32-27-17-26(31)33-30(34-27)37-28(29(35)36)24-16-15-21(20-10-4-3-5-11-20)22-12-6-7-13-23(22)24/h3-17,28H,1-2H3,(H,35,36)(H,32,33,34). The minimum absolute atomic E-state index is 0.235. The first-order valence-corrected chi connectivity index (χ1v) is 13.0. The summed E-state index contributed by atoms with van der Waals surface area (Å²) in [6.45, 7) is 4.07. The summed E-state index contributed by atoms with van der Waals surface area (Å²) >= 11 is 7.39. The molecular weight excluding hydrogens is 502 g/mol. The number of rotatable bonds is 7. The quantitative estimate of drug-likeness (QED) is 0.127. The number of nitrogens with one attached hydrogen (secondary N) is 1. The average molecular weight is 526 g/mol. The molecule has 0 saturated heterocycles. The maximum absolute atomic E-state index is 12.5. The minimum Gasteiger partial charge on any atom is -0.480 e. The van der Waals surface area contributed by atoms with E-state index in [4.69, 9.17) is 11.6 Å². The molecule has 2 N–H and O–H groups in total. The summed E-state index contributed by atoms with van der Waals surface area (Å²) in [7, 11) is 0. The van der Waals surface area contributed by atoms with Crippen LogP contribution in [0.5, 0.6) is 0 Å². The maximum atomic E-state index is 12.5. The molecule has 1 unspecified atom stereocenters. The summed E-state index contributed by atoms with van der Waals surface area (Å²) in [4.78, 5) is 21.4. The molecule has 5 aromatic rings. The molecule has 5 nitrogen and oxygen atoms in total. The molecule has 5 rings (SSSR count). The van der Waals surface area contributed by atoms with E-state index in [1.807, 2.05) is 86.6 Å². The van der Waals surface area contributed by atoms with Crippen LogP contribution in [0.15, 0.2) is 96.2 Å². The van der Waals surface area contributed by atoms with Gasteiger partial charge in [-0.25, -0.2) is 9.97 Å². The number of fused-ring (bicyclic) bond motifs is 1. The van der Waals surface area contributed by atoms with Gasteiger partial charge in [0.1, 0.15) is 16.2 Å². The van der Waals surface area contributed by atoms with Crippen molar-refractivity contribution in [2.45, 2.75) is 24.3 Å². The van der Waals surface area contributed by atoms with Crippen LogP contribution in [-0.2, 0) is 4.79 Å². The van der Waals surface area contributed by atoms with Crippen molar-refractivity contribution in [3.8, 4) is 11.1 Å². The maximum Gasteiger partial charge on any atom is 0.321 e. The highest BCUT2D eigenvalue weighted by atomic mass is 35.5. The monoisotopic (exact) mass is 525 g/mol. The third-order valence-electron chi connectivity index (χ3n) is 6.31. The Hall–Kier alpha value is -3.87. The Kier molecular flexibility index (Phi) is 7.12. The van der Waals surface area contributed by atoms with E-state index >= 15 is 0 Å². The molecule has 184 valence electrons. The molecule has 0 spiro atoms. The zero-order valence-corrected chi connectivity index (χ0v) is 21.8. The van der Waals surface area contributed by atoms with Crippen molar-refractivity contribution in [1.82, 2.24) is 9.97 Å². The van der Waals surface area contributed by atoms with Gasteiger partial charge in [0, 0.05) is 11.8 Å². The Balaban J connectivity index is 1.52. The number of carbonyl (C=O) groups is 1. The third-order valence-corrected chi connectivity index (χ3v) is 7.59. The molecule has 4 aromatic carbocycles. The molecule has 0 fully saturated rings. The molecule has 37 heavy (non-hydrogen) atoms. The number of thioether (sulfide) groups is 1. The van der Waals surface area contributed by atoms with Gasteiger partial charge >= 0.3 is 5.97 Å². The summed E-state index contributed by atoms with van der Waals surface area (Å²) in [5.74, 6) is -0.472. The summed E-state index contributed by atoms with van der Waals surface area (Å²) in [5, 5.41) is 15.0. The van der Waals surface area contributed by atoms with Gasteiger partial charge in [-0.15, -0.1) is 0 Å². The lowest BCUT2D eigenvalue weighted by Crippen LogP contribution is -2.10. The summed E-state index contributed by atoms with van der Waals surface area (Å²) < 4.78 is 0. The molecule has 0 radical (unpaired) electrons. The van der Waals surface area contributed by atoms with Crippen LogP contribution in [0.25, 0.3) is 21.9 Å². The molecule has 1 atom stereocenters. The number of benzene rings is 4. The predicted octanol–water partition coefficient (Wildman–Crippen LogP) is 8.23. The SMILES string of the molecule is Cc1cccc(Nc2cc(Cl)nc(SC(C(=O)O)c3ccc(-c4ccccc4)c4ccccc34)n2)c1C. The number of carboxylic acids is 1. The number of hydrogen-bond donors (Lipinski definition) is 2. The Morgan fingerprint density at radius 1 is 0.892 bits per heavy atom. The number of aliphatic carboxylic acids is 1. The molecule has 0 aliphatic rings. The van der Waals surface area contributed by atoms with E-state index in [0.29, 0.717) is 11.4 Å². The van der Waals surface area contributed by atoms with E-state index in [-0.39, 0.29) is 10.3 Å². The second-order valence-electron chi connectivity index (χ2n) is 8.68. The van der Waals surface area contributed by atoms with Crippen LogP contribution in [0.3, 0.4) is 0 Å². The largest absolute Gasteiger partial charge is 0.480 e. The molecule has 7 heteroatoms. The van der Waals surface area contributed by atoms with Gasteiger partial charge in [0.25, 0.3) is 0 Å². The Labute approximate surface area is 224 Å². The van der Waals surface area contributed by atoms with Gasteiger partial charge in [-0.3, -0.25) is 4.79 Å². The van der Waals surface area contributed by atoms with Crippen molar-refractivity contribution >= 4 is 51.6 Å². The van der Waals surface area contributed by atoms with Crippen molar-refractivity contribution in [3.63, 3.8) is 0 Å². The highest BCUT2D eigenvalue weighted by Gasteiger charge is 2.26. The number of carboxylic acid groups (broad SMARTS) is 1. The number of aromatic nitrogens is 2. The number of anilines is 2. The molecule has 0 amide bonds. The van der Waals surface area contributed by atoms with Crippen LogP contribution in [0, 0.1) is 13.8 Å². The minimum atomic E-state index is -0.977. The first-order valence-electron chi connectivity index (χ1n) is 11.7. The van der Waals surface area contributed by atoms with Crippen LogP contribution in [-0.4, -0.2) is 21.0 Å². The number of halogens is 1. The van der Waals surface area contributed by atoms with Crippen LogP contribution in [0.4, 0.5) is 11.5 Å². The van der Waals surface area contributed by atoms with Gasteiger partial charge < -0.3 is 10.4 Å². The predicted molar refractivity (Wildman–Crippen MR) is 152 cm³/mol. The van der Waals surface area contributed by atoms with Crippen molar-refractivity contribution in [2.75, 3.05) is 5.32 Å². The lowest BCUT2D eigenvalue weighted by molar-refractivity contribution is -0.136. The second kappa shape index (κ2) is 10.6. The molecule has 0 saturated carbocycles. The van der Waals surface area contributed by atoms with Crippen molar-refractivity contribution in [1.29, 1.82) is 0 Å². The van der Waals surface area contributed by atoms with Gasteiger partial charge in [0.2, 0.25) is 0 Å². The fourth-order valence-corrected chi connectivity index (χ4v) is 5.49. The van der Waals surface area contributed by atoms with Crippen LogP contribution in [0.2, 0.25) is 5.15 Å². The van der Waals surface area contributed by atoms with Crippen LogP contribution >= 0.6 is 23.4 Å². The highest BCUT2D eigenvalue weighted by Crippen LogP contribution is 2.41. The Bertz CT molecular complexity index is 1610. The topological polar surface area (TPSA) is 75.1 Å². The van der Waals surface area contributed by atoms with E-state index in [0.717, 1.165) is 50.5 Å². The third kappa shape index (κ3) is 5.31. The lowest BCUT2D eigenvalue weighted by Gasteiger charge is -2.17. The molecule has 1 aromatic heterocycles. The number of nitrogens with zero attached hydrogens (tertiary/aromatic N) is 2. The Morgan fingerprint density at radius 2 is 1.62 bits per heavy atom. The Morgan fingerprint density at radius 3 is 2.38 bits per heavy atom. The van der Waals surface area contributed by atoms with Gasteiger partial charge in [-0.05, 0) is 58.5 Å². The fraction of sp³-hybridized carbons (Fsp3) is 0.100. The summed E-state index contributed by atoms with van der Waals surface area (Å²) in [5.41, 5.74) is 5.96. The van der Waals surface area contributed by atoms with Gasteiger partial charge in [0.05, 0.1) is 0 Å². The average Bonchev–Trinajstić information content (AvgIpc) is 2.89. The zero-order chi connectivity index (χ0) is 25.9. The van der Waals surface area contributed by atoms with Crippen LogP contribution in [0.1, 0.15) is 21.9 Å². The van der Waals surface area contributed by atoms with Gasteiger partial charge in [-0.2, -0.15) is 0 Å². The summed E-state index contributed by atoms with van der Waals surface area (Å²) in [6.07, 6.45) is 0. The zero-order valence-electron chi connectivity index (χ0n) is 20.3. The molecular formula is C30H24ClN3O2S. The van der Waals surface area contributed by atoms with E-state index < -0.39 is 11.2 Å². The fourth-order valence-electron chi connectivity index (χ4n) is 4.31. The van der Waals surface area contributed by atoms with Crippen molar-refractivity contribution in [2.24, 2.45) is 0 Å². The van der Waals surface area contributed by atoms with Crippen LogP contribution < -0.4 is 5.32 Å². The van der Waals surface area contributed by atoms with Crippen molar-refractivity contribution < 1.29 is 9.90 Å². The second-order valence-corrected chi connectivity index (χ2v) is 10.1. The summed E-state index contributed by atoms with van der Waals surface area (Å²) in [6, 6.07) is 29.4.